The molecule has 0 spiro atoms. The van der Waals surface area contributed by atoms with Crippen LogP contribution in [-0.4, -0.2) is 11.6 Å². The van der Waals surface area contributed by atoms with Gasteiger partial charge in [0.25, 0.3) is 0 Å². The molecule has 0 saturated carbocycles. The van der Waals surface area contributed by atoms with Crippen molar-refractivity contribution >= 4 is 15.9 Å². The van der Waals surface area contributed by atoms with E-state index in [1.54, 1.807) is 6.20 Å². The maximum Gasteiger partial charge on any atom is 0.123 e. The second kappa shape index (κ2) is 2.32. The monoisotopic (exact) mass is 199 g/mol. The van der Waals surface area contributed by atoms with Crippen LogP contribution >= 0.6 is 15.9 Å². The van der Waals surface area contributed by atoms with Crippen molar-refractivity contribution in [1.82, 2.24) is 4.98 Å². The van der Waals surface area contributed by atoms with Crippen LogP contribution < -0.4 is 0 Å². The van der Waals surface area contributed by atoms with Gasteiger partial charge < -0.3 is 4.74 Å². The molecule has 2 rings (SSSR count). The van der Waals surface area contributed by atoms with Gasteiger partial charge in [0.05, 0.1) is 12.3 Å². The third-order valence-electron chi connectivity index (χ3n) is 1.41. The first-order chi connectivity index (χ1) is 4.86. The van der Waals surface area contributed by atoms with Crippen molar-refractivity contribution in [3.8, 4) is 0 Å². The lowest BCUT2D eigenvalue weighted by atomic mass is 10.3. The van der Waals surface area contributed by atoms with E-state index in [1.165, 1.54) is 0 Å². The first-order valence-corrected chi connectivity index (χ1v) is 3.88. The van der Waals surface area contributed by atoms with Crippen LogP contribution in [-0.2, 0) is 4.74 Å². The van der Waals surface area contributed by atoms with Gasteiger partial charge in [0.2, 0.25) is 0 Å². The summed E-state index contributed by atoms with van der Waals surface area (Å²) in [6, 6.07) is 3.89. The summed E-state index contributed by atoms with van der Waals surface area (Å²) in [4.78, 5) is 4.15. The molecule has 3 heteroatoms. The van der Waals surface area contributed by atoms with E-state index in [0.717, 1.165) is 16.8 Å². The minimum Gasteiger partial charge on any atom is -0.366 e. The molecule has 0 unspecified atom stereocenters. The number of pyridine rings is 1. The molecule has 1 aromatic rings. The number of hydrogen-bond acceptors (Lipinski definition) is 2. The predicted molar refractivity (Wildman–Crippen MR) is 40.6 cm³/mol. The fourth-order valence-electron chi connectivity index (χ4n) is 0.816. The molecule has 0 bridgehead atoms. The largest absolute Gasteiger partial charge is 0.366 e. The smallest absolute Gasteiger partial charge is 0.123 e. The lowest BCUT2D eigenvalue weighted by Crippen LogP contribution is -1.84. The van der Waals surface area contributed by atoms with Crippen LogP contribution in [0.4, 0.5) is 0 Å². The number of ether oxygens (including phenoxy) is 1. The van der Waals surface area contributed by atoms with Gasteiger partial charge in [-0.3, -0.25) is 4.98 Å². The molecule has 1 saturated heterocycles. The molecule has 0 aromatic carbocycles. The summed E-state index contributed by atoms with van der Waals surface area (Å²) in [6.07, 6.45) is 2.04. The molecule has 1 aliphatic heterocycles. The lowest BCUT2D eigenvalue weighted by Gasteiger charge is -1.93. The molecule has 0 N–H and O–H groups in total. The molecule has 1 aromatic heterocycles. The van der Waals surface area contributed by atoms with E-state index in [0.29, 0.717) is 0 Å². The van der Waals surface area contributed by atoms with E-state index >= 15 is 0 Å². The van der Waals surface area contributed by atoms with Crippen molar-refractivity contribution in [3.63, 3.8) is 0 Å². The Hall–Kier alpha value is -0.410. The summed E-state index contributed by atoms with van der Waals surface area (Å²) >= 11 is 3.36. The van der Waals surface area contributed by atoms with Gasteiger partial charge in [0, 0.05) is 10.7 Å². The van der Waals surface area contributed by atoms with Crippen LogP contribution in [0.25, 0.3) is 0 Å². The van der Waals surface area contributed by atoms with Gasteiger partial charge in [-0.2, -0.15) is 0 Å². The van der Waals surface area contributed by atoms with Crippen LogP contribution in [0.2, 0.25) is 0 Å². The molecule has 1 aliphatic rings. The lowest BCUT2D eigenvalue weighted by molar-refractivity contribution is 0.411. The Bertz CT molecular complexity index is 247. The molecule has 0 amide bonds. The van der Waals surface area contributed by atoms with Crippen LogP contribution in [0.1, 0.15) is 11.8 Å². The number of halogens is 1. The van der Waals surface area contributed by atoms with E-state index < -0.39 is 0 Å². The molecule has 1 fully saturated rings. The van der Waals surface area contributed by atoms with Gasteiger partial charge in [-0.05, 0) is 12.1 Å². The van der Waals surface area contributed by atoms with Gasteiger partial charge in [0.15, 0.2) is 0 Å². The topological polar surface area (TPSA) is 25.4 Å². The van der Waals surface area contributed by atoms with Crippen molar-refractivity contribution in [2.24, 2.45) is 0 Å². The van der Waals surface area contributed by atoms with Crippen molar-refractivity contribution in [3.05, 3.63) is 28.5 Å². The van der Waals surface area contributed by atoms with E-state index in [1.807, 2.05) is 12.1 Å². The molecular weight excluding hydrogens is 194 g/mol. The van der Waals surface area contributed by atoms with Crippen LogP contribution in [0, 0.1) is 0 Å². The molecule has 10 heavy (non-hydrogen) atoms. The third kappa shape index (κ3) is 1.20. The molecular formula is C7H6BrNO. The summed E-state index contributed by atoms with van der Waals surface area (Å²) in [7, 11) is 0. The Kier molecular flexibility index (Phi) is 1.47. The first-order valence-electron chi connectivity index (χ1n) is 3.09. The summed E-state index contributed by atoms with van der Waals surface area (Å²) in [6.45, 7) is 0.823. The van der Waals surface area contributed by atoms with Gasteiger partial charge in [-0.25, -0.2) is 0 Å². The van der Waals surface area contributed by atoms with Crippen molar-refractivity contribution in [2.75, 3.05) is 6.61 Å². The fraction of sp³-hybridized carbons (Fsp3) is 0.286. The Balaban J connectivity index is 2.32. The van der Waals surface area contributed by atoms with Gasteiger partial charge in [-0.1, -0.05) is 15.9 Å². The van der Waals surface area contributed by atoms with Gasteiger partial charge in [-0.15, -0.1) is 0 Å². The second-order valence-electron chi connectivity index (χ2n) is 2.22. The number of hydrogen-bond donors (Lipinski definition) is 0. The maximum absolute atomic E-state index is 5.07. The van der Waals surface area contributed by atoms with Gasteiger partial charge in [0.1, 0.15) is 6.10 Å². The number of aromatic nitrogens is 1. The average molecular weight is 200 g/mol. The number of rotatable bonds is 1. The number of epoxide rings is 1. The Morgan fingerprint density at radius 3 is 3.10 bits per heavy atom. The van der Waals surface area contributed by atoms with Crippen LogP contribution in [0.15, 0.2) is 22.8 Å². The van der Waals surface area contributed by atoms with Crippen molar-refractivity contribution in [2.45, 2.75) is 6.10 Å². The van der Waals surface area contributed by atoms with Gasteiger partial charge >= 0.3 is 0 Å². The highest BCUT2D eigenvalue weighted by Gasteiger charge is 2.25. The first kappa shape index (κ1) is 6.31. The fourth-order valence-corrected chi connectivity index (χ4v) is 1.17. The molecule has 1 atom stereocenters. The molecule has 2 nitrogen and oxygen atoms in total. The molecule has 52 valence electrons. The minimum absolute atomic E-state index is 0.262. The Labute approximate surface area is 67.4 Å². The van der Waals surface area contributed by atoms with Crippen LogP contribution in [0.3, 0.4) is 0 Å². The zero-order chi connectivity index (χ0) is 6.97. The van der Waals surface area contributed by atoms with E-state index in [2.05, 4.69) is 20.9 Å². The summed E-state index contributed by atoms with van der Waals surface area (Å²) in [5.41, 5.74) is 1.02. The number of nitrogens with zero attached hydrogens (tertiary/aromatic N) is 1. The SMILES string of the molecule is Brc1ccnc([C@H]2CO2)c1. The highest BCUT2D eigenvalue weighted by molar-refractivity contribution is 9.10. The van der Waals surface area contributed by atoms with Crippen LogP contribution in [0.5, 0.6) is 0 Å². The zero-order valence-corrected chi connectivity index (χ0v) is 6.84. The van der Waals surface area contributed by atoms with Crippen molar-refractivity contribution in [1.29, 1.82) is 0 Å². The van der Waals surface area contributed by atoms with E-state index in [-0.39, 0.29) is 6.10 Å². The Morgan fingerprint density at radius 1 is 1.70 bits per heavy atom. The zero-order valence-electron chi connectivity index (χ0n) is 5.25. The summed E-state index contributed by atoms with van der Waals surface area (Å²) in [5.74, 6) is 0. The van der Waals surface area contributed by atoms with E-state index in [4.69, 9.17) is 4.74 Å². The quantitative estimate of drug-likeness (QED) is 0.647. The molecule has 2 heterocycles. The minimum atomic E-state index is 0.262. The highest BCUT2D eigenvalue weighted by Crippen LogP contribution is 2.28. The molecule has 0 aliphatic carbocycles. The standard InChI is InChI=1S/C7H6BrNO/c8-5-1-2-9-6(3-5)7-4-10-7/h1-3,7H,4H2/t7-/m1/s1. The Morgan fingerprint density at radius 2 is 2.50 bits per heavy atom. The normalized spacial score (nSPS) is 22.7. The predicted octanol–water partition coefficient (Wildman–Crippen LogP) is 1.92. The maximum atomic E-state index is 5.07. The summed E-state index contributed by atoms with van der Waals surface area (Å²) < 4.78 is 6.13. The second-order valence-corrected chi connectivity index (χ2v) is 3.14. The summed E-state index contributed by atoms with van der Waals surface area (Å²) in [5, 5.41) is 0. The molecule has 0 radical (unpaired) electrons. The highest BCUT2D eigenvalue weighted by atomic mass is 79.9. The third-order valence-corrected chi connectivity index (χ3v) is 1.90. The average Bonchev–Trinajstić information content (AvgIpc) is 2.68. The van der Waals surface area contributed by atoms with E-state index in [9.17, 15) is 0 Å². The van der Waals surface area contributed by atoms with Crippen molar-refractivity contribution < 1.29 is 4.74 Å².